The Morgan fingerprint density at radius 3 is 1.20 bits per heavy atom. The monoisotopic (exact) mass is 654 g/mol. The highest BCUT2D eigenvalue weighted by atomic mass is 19.2. The van der Waals surface area contributed by atoms with Gasteiger partial charge in [0.2, 0.25) is 0 Å². The maximum Gasteiger partial charge on any atom is 0.180 e. The quantitative estimate of drug-likeness (QED) is 0.177. The molecule has 0 spiro atoms. The predicted molar refractivity (Wildman–Crippen MR) is 134 cm³/mol. The molecular formula is C30H10F12N4. The van der Waals surface area contributed by atoms with Crippen molar-refractivity contribution >= 4 is 16.7 Å². The van der Waals surface area contributed by atoms with Crippen molar-refractivity contribution in [3.05, 3.63) is 120 Å². The van der Waals surface area contributed by atoms with Gasteiger partial charge in [0.1, 0.15) is 23.8 Å². The molecule has 0 saturated heterocycles. The summed E-state index contributed by atoms with van der Waals surface area (Å²) in [5.74, 6) is -26.4. The van der Waals surface area contributed by atoms with Crippen molar-refractivity contribution < 1.29 is 52.7 Å². The van der Waals surface area contributed by atoms with Crippen LogP contribution in [0, 0.1) is 111 Å². The highest BCUT2D eigenvalue weighted by molar-refractivity contribution is 6.10. The third-order valence-electron chi connectivity index (χ3n) is 7.08. The normalized spacial score (nSPS) is 15.7. The molecule has 0 aliphatic heterocycles. The van der Waals surface area contributed by atoms with E-state index in [9.17, 15) is 36.9 Å². The van der Waals surface area contributed by atoms with Crippen LogP contribution in [0.15, 0.2) is 16.7 Å². The molecule has 1 fully saturated rings. The Hall–Kier alpha value is -5.53. The van der Waals surface area contributed by atoms with Crippen molar-refractivity contribution in [2.45, 2.75) is 20.4 Å². The van der Waals surface area contributed by atoms with E-state index in [0.29, 0.717) is 13.8 Å². The number of hydrogen-bond acceptors (Lipinski definition) is 4. The molecule has 1 aliphatic carbocycles. The van der Waals surface area contributed by atoms with E-state index in [4.69, 9.17) is 11.0 Å². The zero-order valence-corrected chi connectivity index (χ0v) is 22.7. The number of nitrogens with zero attached hydrogens (tertiary/aromatic N) is 3. The molecule has 3 aromatic carbocycles. The zero-order chi connectivity index (χ0) is 34.7. The largest absolute Gasteiger partial charge is 0.326 e. The van der Waals surface area contributed by atoms with Crippen LogP contribution in [0.3, 0.4) is 0 Å². The van der Waals surface area contributed by atoms with Gasteiger partial charge < -0.3 is 5.73 Å². The topological polar surface area (TPSA) is 97.4 Å². The molecule has 0 radical (unpaired) electrons. The van der Waals surface area contributed by atoms with Gasteiger partial charge in [-0.05, 0) is 25.0 Å². The lowest BCUT2D eigenvalue weighted by Crippen LogP contribution is -2.11. The molecule has 4 nitrogen and oxygen atoms in total. The summed E-state index contributed by atoms with van der Waals surface area (Å²) in [6, 6.07) is 3.06. The summed E-state index contributed by atoms with van der Waals surface area (Å²) >= 11 is 0. The first-order chi connectivity index (χ1) is 21.5. The molecule has 0 unspecified atom stereocenters. The minimum absolute atomic E-state index is 0.602. The molecule has 1 saturated carbocycles. The molecule has 0 bridgehead atoms. The Balaban J connectivity index is 2.31. The SMILES string of the molecule is CC(=C1C(=C(C#N)c2c(F)c(F)c(C)c(F)c2F)C1=C(C#N)c1c(F)c(F)c(C#N)c(F)c1F)c1c(F)c(F)c(CN)c(F)c1F. The van der Waals surface area contributed by atoms with E-state index in [0.717, 1.165) is 18.2 Å². The average molecular weight is 654 g/mol. The Morgan fingerprint density at radius 2 is 0.870 bits per heavy atom. The van der Waals surface area contributed by atoms with Crippen LogP contribution < -0.4 is 5.73 Å². The molecule has 0 heterocycles. The third kappa shape index (κ3) is 4.59. The van der Waals surface area contributed by atoms with Crippen molar-refractivity contribution in [3.63, 3.8) is 0 Å². The van der Waals surface area contributed by atoms with E-state index in [2.05, 4.69) is 0 Å². The van der Waals surface area contributed by atoms with Crippen LogP contribution in [0.4, 0.5) is 52.7 Å². The molecule has 16 heteroatoms. The van der Waals surface area contributed by atoms with E-state index in [1.54, 1.807) is 0 Å². The number of halogens is 12. The first-order valence-corrected chi connectivity index (χ1v) is 12.2. The second-order valence-electron chi connectivity index (χ2n) is 9.41. The van der Waals surface area contributed by atoms with Crippen molar-refractivity contribution in [2.75, 3.05) is 0 Å². The number of rotatable bonds is 4. The molecule has 234 valence electrons. The first-order valence-electron chi connectivity index (χ1n) is 12.2. The summed E-state index contributed by atoms with van der Waals surface area (Å²) in [6.45, 7) is 0.182. The maximum atomic E-state index is 15.1. The van der Waals surface area contributed by atoms with Gasteiger partial charge in [0.25, 0.3) is 0 Å². The number of nitrogens with two attached hydrogens (primary N) is 1. The fraction of sp³-hybridized carbons (Fsp3) is 0.100. The van der Waals surface area contributed by atoms with Crippen molar-refractivity contribution in [3.8, 4) is 18.2 Å². The molecule has 46 heavy (non-hydrogen) atoms. The summed E-state index contributed by atoms with van der Waals surface area (Å²) in [7, 11) is 0. The van der Waals surface area contributed by atoms with Crippen LogP contribution in [0.5, 0.6) is 0 Å². The Labute approximate surface area is 249 Å². The zero-order valence-electron chi connectivity index (χ0n) is 22.7. The van der Waals surface area contributed by atoms with Gasteiger partial charge >= 0.3 is 0 Å². The van der Waals surface area contributed by atoms with Gasteiger partial charge in [0, 0.05) is 28.8 Å². The average Bonchev–Trinajstić information content (AvgIpc) is 3.76. The molecule has 3 aromatic rings. The van der Waals surface area contributed by atoms with E-state index in [-0.39, 0.29) is 0 Å². The fourth-order valence-electron chi connectivity index (χ4n) is 4.76. The molecule has 1 aliphatic rings. The van der Waals surface area contributed by atoms with Crippen molar-refractivity contribution in [1.29, 1.82) is 15.8 Å². The number of hydrogen-bond donors (Lipinski definition) is 1. The van der Waals surface area contributed by atoms with Gasteiger partial charge in [-0.2, -0.15) is 15.8 Å². The lowest BCUT2D eigenvalue weighted by Gasteiger charge is -2.11. The van der Waals surface area contributed by atoms with Crippen LogP contribution in [-0.2, 0) is 6.54 Å². The molecule has 0 aromatic heterocycles. The Morgan fingerprint density at radius 1 is 0.522 bits per heavy atom. The second-order valence-corrected chi connectivity index (χ2v) is 9.41. The van der Waals surface area contributed by atoms with Crippen LogP contribution in [0.25, 0.3) is 16.7 Å². The summed E-state index contributed by atoms with van der Waals surface area (Å²) in [5, 5.41) is 28.5. The third-order valence-corrected chi connectivity index (χ3v) is 7.08. The minimum Gasteiger partial charge on any atom is -0.326 e. The van der Waals surface area contributed by atoms with Gasteiger partial charge in [-0.1, -0.05) is 0 Å². The van der Waals surface area contributed by atoms with Gasteiger partial charge in [-0.25, -0.2) is 52.7 Å². The van der Waals surface area contributed by atoms with Crippen LogP contribution in [0.2, 0.25) is 0 Å². The van der Waals surface area contributed by atoms with Crippen LogP contribution in [0.1, 0.15) is 40.3 Å². The summed E-state index contributed by atoms with van der Waals surface area (Å²) < 4.78 is 177. The van der Waals surface area contributed by atoms with Gasteiger partial charge in [0.05, 0.1) is 27.8 Å². The van der Waals surface area contributed by atoms with E-state index in [1.165, 1.54) is 0 Å². The Bertz CT molecular complexity index is 2070. The van der Waals surface area contributed by atoms with Gasteiger partial charge in [-0.3, -0.25) is 0 Å². The lowest BCUT2D eigenvalue weighted by molar-refractivity contribution is 0.436. The summed E-state index contributed by atoms with van der Waals surface area (Å²) in [5.41, 5.74) is -11.8. The lowest BCUT2D eigenvalue weighted by atomic mass is 9.99. The summed E-state index contributed by atoms with van der Waals surface area (Å²) in [4.78, 5) is 0. The number of nitriles is 3. The van der Waals surface area contributed by atoms with Crippen LogP contribution in [-0.4, -0.2) is 0 Å². The smallest absolute Gasteiger partial charge is 0.180 e. The van der Waals surface area contributed by atoms with Crippen molar-refractivity contribution in [1.82, 2.24) is 0 Å². The second kappa shape index (κ2) is 11.8. The van der Waals surface area contributed by atoms with E-state index >= 15 is 26.3 Å². The highest BCUT2D eigenvalue weighted by Crippen LogP contribution is 2.57. The van der Waals surface area contributed by atoms with Crippen LogP contribution >= 0.6 is 0 Å². The van der Waals surface area contributed by atoms with Gasteiger partial charge in [0.15, 0.2) is 69.8 Å². The molecule has 0 atom stereocenters. The standard InChI is InChI=1S/C30H10F12N4/c1-7(14-25(37)21(33)11(5-45)22(34)26(14)38)13-15(9(3-43)17-27(39)19(31)8(2)20(32)28(17)40)16(13)10(4-44)18-29(41)23(35)12(6-46)24(36)30(18)42/h5,45H2,1-2H3. The van der Waals surface area contributed by atoms with E-state index in [1.807, 2.05) is 0 Å². The number of benzene rings is 3. The Kier molecular flexibility index (Phi) is 8.53. The summed E-state index contributed by atoms with van der Waals surface area (Å²) in [6.07, 6.45) is 0. The molecule has 4 rings (SSSR count). The predicted octanol–water partition coefficient (Wildman–Crippen LogP) is 7.74. The van der Waals surface area contributed by atoms with Gasteiger partial charge in [-0.15, -0.1) is 0 Å². The molecule has 0 amide bonds. The molecule has 2 N–H and O–H groups in total. The fourth-order valence-corrected chi connectivity index (χ4v) is 4.76. The van der Waals surface area contributed by atoms with Crippen molar-refractivity contribution in [2.24, 2.45) is 5.73 Å². The molecular weight excluding hydrogens is 644 g/mol. The first kappa shape index (κ1) is 33.4. The van der Waals surface area contributed by atoms with E-state index < -0.39 is 143 Å². The number of allylic oxidation sites excluding steroid dienone is 6. The highest BCUT2D eigenvalue weighted by Gasteiger charge is 2.45. The maximum absolute atomic E-state index is 15.1. The minimum atomic E-state index is -2.40.